The normalized spacial score (nSPS) is 10.9. The van der Waals surface area contributed by atoms with E-state index >= 15 is 0 Å². The summed E-state index contributed by atoms with van der Waals surface area (Å²) < 4.78 is 5.55. The van der Waals surface area contributed by atoms with Crippen molar-refractivity contribution >= 4 is 16.7 Å². The second kappa shape index (κ2) is 7.09. The molecule has 20 heavy (non-hydrogen) atoms. The second-order valence-electron chi connectivity index (χ2n) is 5.20. The SMILES string of the molecule is CCCC(CCC)C(=O)Oc1ccc2ccccc2c1. The maximum atomic E-state index is 12.2. The molecule has 0 aliphatic heterocycles. The predicted octanol–water partition coefficient (Wildman–Crippen LogP) is 4.96. The molecule has 0 fully saturated rings. The van der Waals surface area contributed by atoms with Gasteiger partial charge in [-0.25, -0.2) is 0 Å². The zero-order chi connectivity index (χ0) is 14.4. The molecular weight excluding hydrogens is 248 g/mol. The van der Waals surface area contributed by atoms with E-state index in [0.29, 0.717) is 5.75 Å². The fourth-order valence-corrected chi connectivity index (χ4v) is 2.51. The Morgan fingerprint density at radius 2 is 1.65 bits per heavy atom. The maximum Gasteiger partial charge on any atom is 0.314 e. The summed E-state index contributed by atoms with van der Waals surface area (Å²) in [6, 6.07) is 13.9. The van der Waals surface area contributed by atoms with Gasteiger partial charge in [-0.05, 0) is 35.7 Å². The van der Waals surface area contributed by atoms with Gasteiger partial charge in [0.2, 0.25) is 0 Å². The number of ether oxygens (including phenoxy) is 1. The van der Waals surface area contributed by atoms with Crippen molar-refractivity contribution in [2.75, 3.05) is 0 Å². The molecular formula is C18H22O2. The van der Waals surface area contributed by atoms with Crippen LogP contribution in [0.1, 0.15) is 39.5 Å². The molecule has 0 amide bonds. The van der Waals surface area contributed by atoms with Crippen molar-refractivity contribution < 1.29 is 9.53 Å². The van der Waals surface area contributed by atoms with Crippen LogP contribution in [0.5, 0.6) is 5.75 Å². The number of carbonyl (C=O) groups excluding carboxylic acids is 1. The van der Waals surface area contributed by atoms with Crippen LogP contribution in [0.3, 0.4) is 0 Å². The topological polar surface area (TPSA) is 26.3 Å². The van der Waals surface area contributed by atoms with E-state index in [0.717, 1.165) is 36.5 Å². The molecule has 2 rings (SSSR count). The van der Waals surface area contributed by atoms with Crippen LogP contribution in [0, 0.1) is 5.92 Å². The molecule has 0 aromatic heterocycles. The van der Waals surface area contributed by atoms with Gasteiger partial charge in [-0.1, -0.05) is 57.0 Å². The predicted molar refractivity (Wildman–Crippen MR) is 82.9 cm³/mol. The Kier molecular flexibility index (Phi) is 5.16. The molecule has 0 heterocycles. The number of fused-ring (bicyclic) bond motifs is 1. The van der Waals surface area contributed by atoms with Gasteiger partial charge < -0.3 is 4.74 Å². The standard InChI is InChI=1S/C18H22O2/c1-3-7-15(8-4-2)18(19)20-17-12-11-14-9-5-6-10-16(14)13-17/h5-6,9-13,15H,3-4,7-8H2,1-2H3. The zero-order valence-corrected chi connectivity index (χ0v) is 12.3. The zero-order valence-electron chi connectivity index (χ0n) is 12.3. The van der Waals surface area contributed by atoms with Crippen molar-refractivity contribution in [2.24, 2.45) is 5.92 Å². The Balaban J connectivity index is 2.11. The summed E-state index contributed by atoms with van der Waals surface area (Å²) in [5, 5.41) is 2.26. The van der Waals surface area contributed by atoms with Crippen LogP contribution in [0.25, 0.3) is 10.8 Å². The van der Waals surface area contributed by atoms with Gasteiger partial charge in [0.1, 0.15) is 5.75 Å². The summed E-state index contributed by atoms with van der Waals surface area (Å²) in [6.45, 7) is 4.21. The monoisotopic (exact) mass is 270 g/mol. The van der Waals surface area contributed by atoms with Crippen molar-refractivity contribution in [1.29, 1.82) is 0 Å². The fourth-order valence-electron chi connectivity index (χ4n) is 2.51. The summed E-state index contributed by atoms with van der Waals surface area (Å²) in [6.07, 6.45) is 3.83. The van der Waals surface area contributed by atoms with E-state index in [2.05, 4.69) is 19.9 Å². The number of hydrogen-bond donors (Lipinski definition) is 0. The largest absolute Gasteiger partial charge is 0.426 e. The summed E-state index contributed by atoms with van der Waals surface area (Å²) in [5.41, 5.74) is 0. The van der Waals surface area contributed by atoms with Crippen LogP contribution in [-0.2, 0) is 4.79 Å². The molecule has 2 aromatic rings. The molecule has 0 aliphatic rings. The number of carbonyl (C=O) groups is 1. The molecule has 106 valence electrons. The van der Waals surface area contributed by atoms with E-state index in [4.69, 9.17) is 4.74 Å². The first-order valence-corrected chi connectivity index (χ1v) is 7.45. The van der Waals surface area contributed by atoms with Crippen LogP contribution in [0.4, 0.5) is 0 Å². The average Bonchev–Trinajstić information content (AvgIpc) is 2.47. The smallest absolute Gasteiger partial charge is 0.314 e. The quantitative estimate of drug-likeness (QED) is 0.547. The molecule has 0 aliphatic carbocycles. The van der Waals surface area contributed by atoms with Gasteiger partial charge in [-0.3, -0.25) is 4.79 Å². The van der Waals surface area contributed by atoms with Crippen molar-refractivity contribution in [3.8, 4) is 5.75 Å². The van der Waals surface area contributed by atoms with Crippen LogP contribution in [0.15, 0.2) is 42.5 Å². The van der Waals surface area contributed by atoms with Gasteiger partial charge in [0.25, 0.3) is 0 Å². The Bertz CT molecular complexity index is 568. The molecule has 0 atom stereocenters. The number of esters is 1. The lowest BCUT2D eigenvalue weighted by Crippen LogP contribution is -2.20. The molecule has 0 bridgehead atoms. The Morgan fingerprint density at radius 3 is 2.30 bits per heavy atom. The molecule has 0 spiro atoms. The van der Waals surface area contributed by atoms with E-state index in [1.54, 1.807) is 0 Å². The van der Waals surface area contributed by atoms with Gasteiger partial charge in [-0.2, -0.15) is 0 Å². The van der Waals surface area contributed by atoms with Gasteiger partial charge in [0.15, 0.2) is 0 Å². The second-order valence-corrected chi connectivity index (χ2v) is 5.20. The van der Waals surface area contributed by atoms with Gasteiger partial charge in [0, 0.05) is 0 Å². The van der Waals surface area contributed by atoms with Crippen molar-refractivity contribution in [3.05, 3.63) is 42.5 Å². The van der Waals surface area contributed by atoms with E-state index in [9.17, 15) is 4.79 Å². The van der Waals surface area contributed by atoms with Gasteiger partial charge >= 0.3 is 5.97 Å². The summed E-state index contributed by atoms with van der Waals surface area (Å²) in [4.78, 5) is 12.2. The van der Waals surface area contributed by atoms with Crippen LogP contribution < -0.4 is 4.74 Å². The lowest BCUT2D eigenvalue weighted by Gasteiger charge is -2.14. The summed E-state index contributed by atoms with van der Waals surface area (Å²) >= 11 is 0. The van der Waals surface area contributed by atoms with Crippen LogP contribution >= 0.6 is 0 Å². The molecule has 2 aromatic carbocycles. The highest BCUT2D eigenvalue weighted by molar-refractivity contribution is 5.85. The van der Waals surface area contributed by atoms with Crippen molar-refractivity contribution in [1.82, 2.24) is 0 Å². The minimum absolute atomic E-state index is 0.0245. The van der Waals surface area contributed by atoms with Gasteiger partial charge in [0.05, 0.1) is 5.92 Å². The average molecular weight is 270 g/mol. The van der Waals surface area contributed by atoms with E-state index in [1.807, 2.05) is 36.4 Å². The first kappa shape index (κ1) is 14.6. The van der Waals surface area contributed by atoms with Crippen molar-refractivity contribution in [3.63, 3.8) is 0 Å². The number of hydrogen-bond acceptors (Lipinski definition) is 2. The van der Waals surface area contributed by atoms with E-state index in [1.165, 1.54) is 0 Å². The minimum Gasteiger partial charge on any atom is -0.426 e. The Hall–Kier alpha value is -1.83. The van der Waals surface area contributed by atoms with Gasteiger partial charge in [-0.15, -0.1) is 0 Å². The third kappa shape index (κ3) is 3.60. The maximum absolute atomic E-state index is 12.2. The van der Waals surface area contributed by atoms with Crippen LogP contribution in [-0.4, -0.2) is 5.97 Å². The van der Waals surface area contributed by atoms with Crippen LogP contribution in [0.2, 0.25) is 0 Å². The first-order valence-electron chi connectivity index (χ1n) is 7.45. The molecule has 0 unspecified atom stereocenters. The molecule has 2 heteroatoms. The molecule has 0 saturated heterocycles. The highest BCUT2D eigenvalue weighted by Crippen LogP contribution is 2.23. The summed E-state index contributed by atoms with van der Waals surface area (Å²) in [5.74, 6) is 0.575. The molecule has 0 N–H and O–H groups in total. The highest BCUT2D eigenvalue weighted by atomic mass is 16.5. The van der Waals surface area contributed by atoms with E-state index < -0.39 is 0 Å². The third-order valence-electron chi connectivity index (χ3n) is 3.55. The molecule has 0 radical (unpaired) electrons. The summed E-state index contributed by atoms with van der Waals surface area (Å²) in [7, 11) is 0. The first-order chi connectivity index (χ1) is 9.74. The Labute approximate surface area is 120 Å². The Morgan fingerprint density at radius 1 is 1.00 bits per heavy atom. The molecule has 2 nitrogen and oxygen atoms in total. The van der Waals surface area contributed by atoms with E-state index in [-0.39, 0.29) is 11.9 Å². The third-order valence-corrected chi connectivity index (χ3v) is 3.55. The highest BCUT2D eigenvalue weighted by Gasteiger charge is 2.18. The number of benzene rings is 2. The molecule has 0 saturated carbocycles. The lowest BCUT2D eigenvalue weighted by atomic mass is 9.98. The van der Waals surface area contributed by atoms with Crippen molar-refractivity contribution in [2.45, 2.75) is 39.5 Å². The number of rotatable bonds is 6. The fraction of sp³-hybridized carbons (Fsp3) is 0.389. The minimum atomic E-state index is -0.0935. The lowest BCUT2D eigenvalue weighted by molar-refractivity contribution is -0.139.